The van der Waals surface area contributed by atoms with Crippen LogP contribution in [0.15, 0.2) is 18.3 Å². The van der Waals surface area contributed by atoms with Gasteiger partial charge in [-0.05, 0) is 12.1 Å². The molecule has 3 amide bonds. The second-order valence-corrected chi connectivity index (χ2v) is 6.82. The molecule has 2 aromatic rings. The number of H-pyrrole nitrogens is 1. The molecule has 0 saturated carbocycles. The number of aromatic amines is 1. The maximum Gasteiger partial charge on any atom is 0.339 e. The lowest BCUT2D eigenvalue weighted by molar-refractivity contribution is -0.127. The number of amides is 3. The van der Waals surface area contributed by atoms with Crippen LogP contribution in [0.1, 0.15) is 20.7 Å². The smallest absolute Gasteiger partial charge is 0.339 e. The summed E-state index contributed by atoms with van der Waals surface area (Å²) in [6.07, 6.45) is 1.21. The number of carbonyl (C=O) groups is 4. The van der Waals surface area contributed by atoms with E-state index >= 15 is 0 Å². The van der Waals surface area contributed by atoms with Crippen LogP contribution < -0.4 is 0 Å². The maximum absolute atomic E-state index is 14.4. The van der Waals surface area contributed by atoms with E-state index in [1.165, 1.54) is 29.2 Å². The average Bonchev–Trinajstić information content (AvgIpc) is 3.18. The molecule has 3 rings (SSSR count). The highest BCUT2D eigenvalue weighted by atomic mass is 19.1. The second-order valence-electron chi connectivity index (χ2n) is 6.82. The first-order valence-electron chi connectivity index (χ1n) is 8.94. The number of nitrogens with one attached hydrogen (secondary N) is 1. The molecule has 0 unspecified atom stereocenters. The van der Waals surface area contributed by atoms with Crippen molar-refractivity contribution in [3.63, 3.8) is 0 Å². The lowest BCUT2D eigenvalue weighted by Crippen LogP contribution is -2.54. The molecule has 0 spiro atoms. The number of ether oxygens (including phenoxy) is 1. The fraction of sp³-hybridized carbons (Fsp3) is 0.368. The first-order chi connectivity index (χ1) is 13.8. The van der Waals surface area contributed by atoms with Crippen molar-refractivity contribution in [1.29, 1.82) is 0 Å². The zero-order chi connectivity index (χ0) is 21.3. The summed E-state index contributed by atoms with van der Waals surface area (Å²) in [7, 11) is 4.46. The molecule has 1 aromatic carbocycles. The number of hydrogen-bond acceptors (Lipinski definition) is 5. The molecule has 1 aromatic heterocycles. The van der Waals surface area contributed by atoms with Crippen molar-refractivity contribution in [2.75, 3.05) is 47.4 Å². The van der Waals surface area contributed by atoms with Crippen molar-refractivity contribution < 1.29 is 28.3 Å². The molecule has 9 nitrogen and oxygen atoms in total. The van der Waals surface area contributed by atoms with Gasteiger partial charge in [0.2, 0.25) is 0 Å². The molecule has 1 aliphatic heterocycles. The van der Waals surface area contributed by atoms with Crippen molar-refractivity contribution in [3.8, 4) is 0 Å². The van der Waals surface area contributed by atoms with Gasteiger partial charge in [-0.2, -0.15) is 0 Å². The van der Waals surface area contributed by atoms with Crippen molar-refractivity contribution in [2.24, 2.45) is 0 Å². The predicted octanol–water partition coefficient (Wildman–Crippen LogP) is 1.10. The number of Topliss-reactive ketones (excluding diaryl/α,β-unsaturated/α-hetero) is 1. The second kappa shape index (κ2) is 7.90. The summed E-state index contributed by atoms with van der Waals surface area (Å²) < 4.78 is 19.1. The highest BCUT2D eigenvalue weighted by Gasteiger charge is 2.31. The van der Waals surface area contributed by atoms with Crippen LogP contribution >= 0.6 is 0 Å². The minimum absolute atomic E-state index is 0.0613. The fourth-order valence-corrected chi connectivity index (χ4v) is 3.31. The molecule has 0 aliphatic carbocycles. The third kappa shape index (κ3) is 3.65. The van der Waals surface area contributed by atoms with E-state index < -0.39 is 23.5 Å². The van der Waals surface area contributed by atoms with Gasteiger partial charge in [0.15, 0.2) is 0 Å². The Morgan fingerprint density at radius 2 is 1.66 bits per heavy atom. The molecule has 154 valence electrons. The van der Waals surface area contributed by atoms with Crippen LogP contribution in [0.2, 0.25) is 0 Å². The summed E-state index contributed by atoms with van der Waals surface area (Å²) >= 11 is 0. The van der Waals surface area contributed by atoms with Gasteiger partial charge < -0.3 is 24.4 Å². The Bertz CT molecular complexity index is 992. The van der Waals surface area contributed by atoms with Crippen LogP contribution in [0.3, 0.4) is 0 Å². The van der Waals surface area contributed by atoms with Crippen molar-refractivity contribution >= 4 is 34.6 Å². The molecule has 1 N–H and O–H groups in total. The standard InChI is InChI=1S/C19H21FN4O5/c1-22(2)19(28)24-8-6-23(7-9-24)17(26)16(25)12-10-21-15-11(18(27)29-3)4-5-13(20)14(12)15/h4-5,10,21H,6-9H2,1-3H3. The van der Waals surface area contributed by atoms with Gasteiger partial charge in [0.25, 0.3) is 11.7 Å². The van der Waals surface area contributed by atoms with Gasteiger partial charge in [-0.3, -0.25) is 9.59 Å². The number of ketones is 1. The third-order valence-corrected chi connectivity index (χ3v) is 4.85. The highest BCUT2D eigenvalue weighted by molar-refractivity contribution is 6.45. The van der Waals surface area contributed by atoms with E-state index in [4.69, 9.17) is 0 Å². The predicted molar refractivity (Wildman–Crippen MR) is 101 cm³/mol. The van der Waals surface area contributed by atoms with E-state index in [1.807, 2.05) is 0 Å². The number of piperazine rings is 1. The Balaban J connectivity index is 1.82. The Morgan fingerprint density at radius 3 is 2.24 bits per heavy atom. The number of nitrogens with zero attached hydrogens (tertiary/aromatic N) is 3. The molecule has 0 atom stereocenters. The number of rotatable bonds is 3. The fourth-order valence-electron chi connectivity index (χ4n) is 3.31. The molecular weight excluding hydrogens is 383 g/mol. The average molecular weight is 404 g/mol. The number of carbonyl (C=O) groups excluding carboxylic acids is 4. The number of benzene rings is 1. The lowest BCUT2D eigenvalue weighted by atomic mass is 10.0. The minimum Gasteiger partial charge on any atom is -0.465 e. The topological polar surface area (TPSA) is 103 Å². The molecule has 10 heteroatoms. The van der Waals surface area contributed by atoms with Crippen molar-refractivity contribution in [2.45, 2.75) is 0 Å². The molecule has 1 aliphatic rings. The number of aromatic nitrogens is 1. The summed E-state index contributed by atoms with van der Waals surface area (Å²) in [4.78, 5) is 56.4. The summed E-state index contributed by atoms with van der Waals surface area (Å²) in [5.74, 6) is -3.09. The molecule has 29 heavy (non-hydrogen) atoms. The number of methoxy groups -OCH3 is 1. The van der Waals surface area contributed by atoms with Gasteiger partial charge >= 0.3 is 12.0 Å². The summed E-state index contributed by atoms with van der Waals surface area (Å²) in [6, 6.07) is 2.13. The summed E-state index contributed by atoms with van der Waals surface area (Å²) in [5.41, 5.74) is 0.000612. The highest BCUT2D eigenvalue weighted by Crippen LogP contribution is 2.26. The number of hydrogen-bond donors (Lipinski definition) is 1. The van der Waals surface area contributed by atoms with Gasteiger partial charge in [0.05, 0.1) is 23.8 Å². The van der Waals surface area contributed by atoms with Gasteiger partial charge in [0, 0.05) is 51.9 Å². The normalized spacial score (nSPS) is 14.1. The van der Waals surface area contributed by atoms with Gasteiger partial charge in [-0.1, -0.05) is 0 Å². The SMILES string of the molecule is COC(=O)c1ccc(F)c2c(C(=O)C(=O)N3CCN(C(=O)N(C)C)CC3)c[nH]c12. The van der Waals surface area contributed by atoms with E-state index in [9.17, 15) is 23.6 Å². The summed E-state index contributed by atoms with van der Waals surface area (Å²) in [5, 5.41) is -0.132. The largest absolute Gasteiger partial charge is 0.465 e. The van der Waals surface area contributed by atoms with Gasteiger partial charge in [-0.15, -0.1) is 0 Å². The van der Waals surface area contributed by atoms with Crippen LogP contribution in [0, 0.1) is 5.82 Å². The number of esters is 1. The van der Waals surface area contributed by atoms with E-state index in [2.05, 4.69) is 9.72 Å². The third-order valence-electron chi connectivity index (χ3n) is 4.85. The zero-order valence-electron chi connectivity index (χ0n) is 16.3. The van der Waals surface area contributed by atoms with Crippen LogP contribution in [-0.2, 0) is 9.53 Å². The van der Waals surface area contributed by atoms with E-state index in [-0.39, 0.29) is 41.2 Å². The quantitative estimate of drug-likeness (QED) is 0.469. The maximum atomic E-state index is 14.4. The Kier molecular flexibility index (Phi) is 5.53. The molecule has 1 fully saturated rings. The molecule has 0 bridgehead atoms. The zero-order valence-corrected chi connectivity index (χ0v) is 16.3. The first-order valence-corrected chi connectivity index (χ1v) is 8.94. The number of urea groups is 1. The van der Waals surface area contributed by atoms with E-state index in [1.54, 1.807) is 19.0 Å². The monoisotopic (exact) mass is 404 g/mol. The van der Waals surface area contributed by atoms with Gasteiger partial charge in [-0.25, -0.2) is 14.0 Å². The first kappa shape index (κ1) is 20.3. The number of fused-ring (bicyclic) bond motifs is 1. The summed E-state index contributed by atoms with van der Waals surface area (Å²) in [6.45, 7) is 0.986. The molecule has 1 saturated heterocycles. The Morgan fingerprint density at radius 1 is 1.03 bits per heavy atom. The van der Waals surface area contributed by atoms with Crippen LogP contribution in [0.5, 0.6) is 0 Å². The van der Waals surface area contributed by atoms with E-state index in [0.29, 0.717) is 13.1 Å². The number of halogens is 1. The van der Waals surface area contributed by atoms with Crippen molar-refractivity contribution in [1.82, 2.24) is 19.7 Å². The van der Waals surface area contributed by atoms with Gasteiger partial charge in [0.1, 0.15) is 5.82 Å². The van der Waals surface area contributed by atoms with E-state index in [0.717, 1.165) is 6.07 Å². The van der Waals surface area contributed by atoms with Crippen molar-refractivity contribution in [3.05, 3.63) is 35.3 Å². The molecule has 2 heterocycles. The Hall–Kier alpha value is -3.43. The van der Waals surface area contributed by atoms with Crippen LogP contribution in [0.4, 0.5) is 9.18 Å². The Labute approximate surface area is 166 Å². The van der Waals surface area contributed by atoms with Crippen LogP contribution in [0.25, 0.3) is 10.9 Å². The van der Waals surface area contributed by atoms with Crippen LogP contribution in [-0.4, -0.2) is 90.8 Å². The molecular formula is C19H21FN4O5. The molecule has 0 radical (unpaired) electrons. The lowest BCUT2D eigenvalue weighted by Gasteiger charge is -2.35. The minimum atomic E-state index is -0.885.